The van der Waals surface area contributed by atoms with E-state index < -0.39 is 18.6 Å². The summed E-state index contributed by atoms with van der Waals surface area (Å²) in [6, 6.07) is 13.8. The van der Waals surface area contributed by atoms with E-state index in [1.54, 1.807) is 19.2 Å². The van der Waals surface area contributed by atoms with Crippen molar-refractivity contribution in [2.75, 3.05) is 32.2 Å². The van der Waals surface area contributed by atoms with Crippen LogP contribution < -0.4 is 15.4 Å². The van der Waals surface area contributed by atoms with E-state index >= 15 is 0 Å². The van der Waals surface area contributed by atoms with E-state index in [2.05, 4.69) is 5.32 Å². The van der Waals surface area contributed by atoms with Crippen LogP contribution in [0.5, 0.6) is 5.75 Å². The summed E-state index contributed by atoms with van der Waals surface area (Å²) in [7, 11) is 1.61. The van der Waals surface area contributed by atoms with Gasteiger partial charge in [-0.15, -0.1) is 0 Å². The number of anilines is 1. The van der Waals surface area contributed by atoms with Gasteiger partial charge in [-0.25, -0.2) is 0 Å². The van der Waals surface area contributed by atoms with Crippen LogP contribution in [0.4, 0.5) is 18.9 Å². The monoisotopic (exact) mass is 382 g/mol. The van der Waals surface area contributed by atoms with Crippen molar-refractivity contribution >= 4 is 11.6 Å². The zero-order valence-electron chi connectivity index (χ0n) is 14.8. The van der Waals surface area contributed by atoms with Crippen LogP contribution in [-0.4, -0.2) is 39.0 Å². The third-order valence-corrected chi connectivity index (χ3v) is 3.57. The first-order valence-electron chi connectivity index (χ1n) is 8.27. The summed E-state index contributed by atoms with van der Waals surface area (Å²) in [6.07, 6.45) is -4.43. The van der Waals surface area contributed by atoms with Crippen molar-refractivity contribution in [1.29, 1.82) is 0 Å². The number of benzene rings is 2. The Labute approximate surface area is 155 Å². The molecule has 0 saturated heterocycles. The highest BCUT2D eigenvalue weighted by molar-refractivity contribution is 5.94. The van der Waals surface area contributed by atoms with Crippen molar-refractivity contribution in [1.82, 2.24) is 5.32 Å². The van der Waals surface area contributed by atoms with E-state index in [4.69, 9.17) is 9.47 Å². The van der Waals surface area contributed by atoms with Crippen LogP contribution >= 0.6 is 0 Å². The number of nitrogens with one attached hydrogen (secondary N) is 2. The van der Waals surface area contributed by atoms with Crippen LogP contribution in [-0.2, 0) is 11.3 Å². The lowest BCUT2D eigenvalue weighted by molar-refractivity contribution is -0.123. The molecule has 2 aromatic carbocycles. The molecule has 2 aromatic rings. The smallest absolute Gasteiger partial charge is 0.405 e. The molecule has 0 aliphatic rings. The van der Waals surface area contributed by atoms with Crippen LogP contribution in [0.1, 0.15) is 15.9 Å². The number of hydrogen-bond donors (Lipinski definition) is 2. The molecule has 0 fully saturated rings. The van der Waals surface area contributed by atoms with Crippen LogP contribution in [0.25, 0.3) is 0 Å². The van der Waals surface area contributed by atoms with Crippen LogP contribution in [0.2, 0.25) is 0 Å². The van der Waals surface area contributed by atoms with E-state index in [1.807, 2.05) is 29.6 Å². The van der Waals surface area contributed by atoms with E-state index in [1.165, 1.54) is 12.1 Å². The second kappa shape index (κ2) is 9.82. The zero-order chi connectivity index (χ0) is 19.7. The van der Waals surface area contributed by atoms with Crippen LogP contribution in [0.15, 0.2) is 48.5 Å². The van der Waals surface area contributed by atoms with Gasteiger partial charge in [-0.1, -0.05) is 12.1 Å². The molecule has 0 unspecified atom stereocenters. The van der Waals surface area contributed by atoms with Crippen molar-refractivity contribution in [3.8, 4) is 5.75 Å². The van der Waals surface area contributed by atoms with Gasteiger partial charge in [0.15, 0.2) is 0 Å². The minimum atomic E-state index is -4.43. The predicted octanol–water partition coefficient (Wildman–Crippen LogP) is 3.62. The fourth-order valence-corrected chi connectivity index (χ4v) is 2.17. The summed E-state index contributed by atoms with van der Waals surface area (Å²) < 4.78 is 46.8. The number of rotatable bonds is 9. The van der Waals surface area contributed by atoms with Gasteiger partial charge in [0.05, 0.1) is 6.61 Å². The minimum absolute atomic E-state index is 0.169. The molecule has 0 spiro atoms. The Morgan fingerprint density at radius 3 is 2.26 bits per heavy atom. The van der Waals surface area contributed by atoms with Gasteiger partial charge >= 0.3 is 6.18 Å². The normalized spacial score (nSPS) is 11.1. The number of ether oxygens (including phenoxy) is 2. The van der Waals surface area contributed by atoms with Crippen molar-refractivity contribution in [2.45, 2.75) is 12.7 Å². The van der Waals surface area contributed by atoms with E-state index in [0.29, 0.717) is 19.8 Å². The fraction of sp³-hybridized carbons (Fsp3) is 0.316. The van der Waals surface area contributed by atoms with Gasteiger partial charge in [0, 0.05) is 24.9 Å². The van der Waals surface area contributed by atoms with Gasteiger partial charge in [0.25, 0.3) is 5.91 Å². The van der Waals surface area contributed by atoms with E-state index in [9.17, 15) is 18.0 Å². The average Bonchev–Trinajstić information content (AvgIpc) is 2.65. The van der Waals surface area contributed by atoms with Gasteiger partial charge in [0.2, 0.25) is 0 Å². The van der Waals surface area contributed by atoms with E-state index in [0.717, 1.165) is 17.0 Å². The first kappa shape index (κ1) is 20.6. The Morgan fingerprint density at radius 2 is 1.67 bits per heavy atom. The van der Waals surface area contributed by atoms with Crippen molar-refractivity contribution in [2.24, 2.45) is 0 Å². The maximum atomic E-state index is 12.1. The van der Waals surface area contributed by atoms with Gasteiger partial charge < -0.3 is 20.1 Å². The fourth-order valence-electron chi connectivity index (χ4n) is 2.17. The summed E-state index contributed by atoms with van der Waals surface area (Å²) in [4.78, 5) is 11.7. The molecule has 0 aliphatic heterocycles. The summed E-state index contributed by atoms with van der Waals surface area (Å²) in [5, 5.41) is 5.02. The molecule has 27 heavy (non-hydrogen) atoms. The molecule has 0 aliphatic carbocycles. The lowest BCUT2D eigenvalue weighted by Gasteiger charge is -2.10. The van der Waals surface area contributed by atoms with Gasteiger partial charge in [-0.3, -0.25) is 4.79 Å². The molecule has 0 bridgehead atoms. The highest BCUT2D eigenvalue weighted by Crippen LogP contribution is 2.16. The molecule has 0 atom stereocenters. The summed E-state index contributed by atoms with van der Waals surface area (Å²) in [6.45, 7) is 0.208. The SMILES string of the molecule is COCCOc1ccc(CNc2ccc(C(=O)NCC(F)(F)F)cc2)cc1. The first-order valence-corrected chi connectivity index (χ1v) is 8.27. The second-order valence-corrected chi connectivity index (χ2v) is 5.71. The number of alkyl halides is 3. The molecule has 2 N–H and O–H groups in total. The average molecular weight is 382 g/mol. The van der Waals surface area contributed by atoms with Gasteiger partial charge in [0.1, 0.15) is 18.9 Å². The third-order valence-electron chi connectivity index (χ3n) is 3.57. The number of halogens is 3. The predicted molar refractivity (Wildman–Crippen MR) is 96.0 cm³/mol. The number of hydrogen-bond acceptors (Lipinski definition) is 4. The molecule has 146 valence electrons. The molecule has 0 aromatic heterocycles. The Kier molecular flexibility index (Phi) is 7.48. The molecule has 1 amide bonds. The topological polar surface area (TPSA) is 59.6 Å². The Bertz CT molecular complexity index is 716. The van der Waals surface area contributed by atoms with Crippen molar-refractivity contribution in [3.05, 3.63) is 59.7 Å². The van der Waals surface area contributed by atoms with Crippen LogP contribution in [0.3, 0.4) is 0 Å². The molecule has 2 rings (SSSR count). The second-order valence-electron chi connectivity index (χ2n) is 5.71. The lowest BCUT2D eigenvalue weighted by Crippen LogP contribution is -2.33. The largest absolute Gasteiger partial charge is 0.491 e. The molecule has 0 radical (unpaired) electrons. The molecule has 0 heterocycles. The first-order chi connectivity index (χ1) is 12.9. The molecule has 5 nitrogen and oxygen atoms in total. The van der Waals surface area contributed by atoms with Crippen molar-refractivity contribution < 1.29 is 27.4 Å². The zero-order valence-corrected chi connectivity index (χ0v) is 14.8. The highest BCUT2D eigenvalue weighted by atomic mass is 19.4. The Morgan fingerprint density at radius 1 is 1.00 bits per heavy atom. The third kappa shape index (κ3) is 7.57. The maximum Gasteiger partial charge on any atom is 0.405 e. The number of carbonyl (C=O) groups is 1. The highest BCUT2D eigenvalue weighted by Gasteiger charge is 2.27. The van der Waals surface area contributed by atoms with Crippen molar-refractivity contribution in [3.63, 3.8) is 0 Å². The lowest BCUT2D eigenvalue weighted by atomic mass is 10.1. The molecular weight excluding hydrogens is 361 g/mol. The molecule has 8 heteroatoms. The van der Waals surface area contributed by atoms with Crippen LogP contribution in [0, 0.1) is 0 Å². The standard InChI is InChI=1S/C19H21F3N2O3/c1-26-10-11-27-17-8-2-14(3-9-17)12-23-16-6-4-15(5-7-16)18(25)24-13-19(20,21)22/h2-9,23H,10-13H2,1H3,(H,24,25). The quantitative estimate of drug-likeness (QED) is 0.651. The summed E-state index contributed by atoms with van der Waals surface area (Å²) in [5.41, 5.74) is 1.95. The maximum absolute atomic E-state index is 12.1. The number of carbonyl (C=O) groups excluding carboxylic acids is 1. The molecular formula is C19H21F3N2O3. The van der Waals surface area contributed by atoms with Gasteiger partial charge in [-0.2, -0.15) is 13.2 Å². The van der Waals surface area contributed by atoms with E-state index in [-0.39, 0.29) is 5.56 Å². The summed E-state index contributed by atoms with van der Waals surface area (Å²) in [5.74, 6) is -0.00652. The Balaban J connectivity index is 1.81. The Hall–Kier alpha value is -2.74. The number of methoxy groups -OCH3 is 1. The molecule has 0 saturated carbocycles. The summed E-state index contributed by atoms with van der Waals surface area (Å²) >= 11 is 0. The van der Waals surface area contributed by atoms with Gasteiger partial charge in [-0.05, 0) is 42.0 Å². The minimum Gasteiger partial charge on any atom is -0.491 e. The number of amides is 1.